The van der Waals surface area contributed by atoms with E-state index in [1.807, 2.05) is 26.0 Å². The highest BCUT2D eigenvalue weighted by molar-refractivity contribution is 9.10. The van der Waals surface area contributed by atoms with E-state index < -0.39 is 0 Å². The largest absolute Gasteiger partial charge is 0.461 e. The Hall–Kier alpha value is -1.40. The van der Waals surface area contributed by atoms with Crippen LogP contribution in [0.3, 0.4) is 0 Å². The molecule has 6 heteroatoms. The Bertz CT molecular complexity index is 617. The van der Waals surface area contributed by atoms with E-state index in [1.54, 1.807) is 12.3 Å². The average molecular weight is 355 g/mol. The van der Waals surface area contributed by atoms with Crippen molar-refractivity contribution in [1.29, 1.82) is 0 Å². The summed E-state index contributed by atoms with van der Waals surface area (Å²) in [6, 6.07) is 4.07. The van der Waals surface area contributed by atoms with Crippen molar-refractivity contribution in [2.75, 3.05) is 11.9 Å². The number of aromatic nitrogens is 1. The number of nitrogens with one attached hydrogen (secondary N) is 1. The number of ether oxygens (including phenoxy) is 1. The summed E-state index contributed by atoms with van der Waals surface area (Å²) >= 11 is 4.86. The predicted octanol–water partition coefficient (Wildman–Crippen LogP) is 4.44. The minimum absolute atomic E-state index is 0.340. The lowest BCUT2D eigenvalue weighted by Crippen LogP contribution is -2.05. The van der Waals surface area contributed by atoms with Gasteiger partial charge in [0.1, 0.15) is 0 Å². The lowest BCUT2D eigenvalue weighted by Gasteiger charge is -2.11. The molecule has 0 aliphatic carbocycles. The van der Waals surface area contributed by atoms with Crippen molar-refractivity contribution in [3.05, 3.63) is 38.8 Å². The van der Waals surface area contributed by atoms with Crippen LogP contribution in [0.4, 0.5) is 10.8 Å². The number of rotatable bonds is 4. The summed E-state index contributed by atoms with van der Waals surface area (Å²) in [5, 5.41) is 5.64. The molecule has 20 heavy (non-hydrogen) atoms. The molecule has 0 bridgehead atoms. The Balaban J connectivity index is 2.21. The van der Waals surface area contributed by atoms with Gasteiger partial charge >= 0.3 is 5.97 Å². The van der Waals surface area contributed by atoms with Crippen molar-refractivity contribution in [2.24, 2.45) is 0 Å². The molecule has 2 rings (SSSR count). The molecule has 106 valence electrons. The first-order valence-electron chi connectivity index (χ1n) is 6.17. The summed E-state index contributed by atoms with van der Waals surface area (Å²) in [4.78, 5) is 15.8. The number of carbonyl (C=O) groups is 1. The lowest BCUT2D eigenvalue weighted by molar-refractivity contribution is 0.0520. The third-order valence-electron chi connectivity index (χ3n) is 2.72. The molecule has 1 N–H and O–H groups in total. The van der Waals surface area contributed by atoms with E-state index in [1.165, 1.54) is 11.3 Å². The van der Waals surface area contributed by atoms with Crippen molar-refractivity contribution < 1.29 is 9.53 Å². The zero-order valence-corrected chi connectivity index (χ0v) is 13.9. The molecule has 0 aliphatic rings. The second kappa shape index (κ2) is 6.37. The SMILES string of the molecule is CCOC(=O)c1csc(Nc2c(C)cc(Br)cc2C)n1. The number of nitrogens with zero attached hydrogens (tertiary/aromatic N) is 1. The van der Waals surface area contributed by atoms with E-state index in [9.17, 15) is 4.79 Å². The van der Waals surface area contributed by atoms with Gasteiger partial charge in [-0.25, -0.2) is 9.78 Å². The fraction of sp³-hybridized carbons (Fsp3) is 0.286. The molecular formula is C14H15BrN2O2S. The highest BCUT2D eigenvalue weighted by Crippen LogP contribution is 2.29. The molecule has 1 heterocycles. The number of aryl methyl sites for hydroxylation is 2. The van der Waals surface area contributed by atoms with Gasteiger partial charge in [-0.05, 0) is 44.0 Å². The number of carbonyl (C=O) groups excluding carboxylic acids is 1. The standard InChI is InChI=1S/C14H15BrN2O2S/c1-4-19-13(18)11-7-20-14(16-11)17-12-8(2)5-10(15)6-9(12)3/h5-7H,4H2,1-3H3,(H,16,17). The monoisotopic (exact) mass is 354 g/mol. The van der Waals surface area contributed by atoms with Gasteiger partial charge in [-0.2, -0.15) is 0 Å². The zero-order valence-electron chi connectivity index (χ0n) is 11.5. The van der Waals surface area contributed by atoms with E-state index in [-0.39, 0.29) is 5.97 Å². The van der Waals surface area contributed by atoms with Crippen LogP contribution in [-0.4, -0.2) is 17.6 Å². The second-order valence-corrected chi connectivity index (χ2v) is 6.07. The highest BCUT2D eigenvalue weighted by atomic mass is 79.9. The molecule has 0 fully saturated rings. The Morgan fingerprint density at radius 2 is 2.05 bits per heavy atom. The molecule has 1 aromatic heterocycles. The first-order chi connectivity index (χ1) is 9.51. The maximum Gasteiger partial charge on any atom is 0.357 e. The number of hydrogen-bond acceptors (Lipinski definition) is 5. The molecule has 0 aliphatic heterocycles. The van der Waals surface area contributed by atoms with Crippen LogP contribution in [0.25, 0.3) is 0 Å². The van der Waals surface area contributed by atoms with Crippen molar-refractivity contribution in [3.8, 4) is 0 Å². The van der Waals surface area contributed by atoms with Crippen LogP contribution in [0.5, 0.6) is 0 Å². The molecule has 0 atom stereocenters. The maximum atomic E-state index is 11.6. The van der Waals surface area contributed by atoms with Gasteiger partial charge in [-0.1, -0.05) is 15.9 Å². The predicted molar refractivity (Wildman–Crippen MR) is 85.0 cm³/mol. The van der Waals surface area contributed by atoms with E-state index in [4.69, 9.17) is 4.74 Å². The fourth-order valence-corrected chi connectivity index (χ4v) is 3.22. The van der Waals surface area contributed by atoms with Gasteiger partial charge in [0.25, 0.3) is 0 Å². The third-order valence-corrected chi connectivity index (χ3v) is 3.93. The molecule has 1 aromatic carbocycles. The molecule has 4 nitrogen and oxygen atoms in total. The average Bonchev–Trinajstić information content (AvgIpc) is 2.82. The van der Waals surface area contributed by atoms with Crippen LogP contribution in [0, 0.1) is 13.8 Å². The van der Waals surface area contributed by atoms with Crippen molar-refractivity contribution in [2.45, 2.75) is 20.8 Å². The summed E-state index contributed by atoms with van der Waals surface area (Å²) in [5.74, 6) is -0.388. The summed E-state index contributed by atoms with van der Waals surface area (Å²) in [7, 11) is 0. The van der Waals surface area contributed by atoms with E-state index in [0.717, 1.165) is 21.3 Å². The first kappa shape index (κ1) is 15.0. The van der Waals surface area contributed by atoms with Crippen LogP contribution in [0.15, 0.2) is 22.0 Å². The number of benzene rings is 1. The maximum absolute atomic E-state index is 11.6. The number of thiazole rings is 1. The van der Waals surface area contributed by atoms with E-state index in [2.05, 4.69) is 26.2 Å². The number of anilines is 2. The van der Waals surface area contributed by atoms with Crippen LogP contribution in [0.1, 0.15) is 28.5 Å². The zero-order chi connectivity index (χ0) is 14.7. The van der Waals surface area contributed by atoms with Crippen LogP contribution >= 0.6 is 27.3 Å². The Kier molecular flexibility index (Phi) is 4.77. The summed E-state index contributed by atoms with van der Waals surface area (Å²) in [5.41, 5.74) is 3.58. The molecule has 2 aromatic rings. The Morgan fingerprint density at radius 3 is 2.65 bits per heavy atom. The van der Waals surface area contributed by atoms with Crippen LogP contribution in [-0.2, 0) is 4.74 Å². The second-order valence-electron chi connectivity index (χ2n) is 4.30. The van der Waals surface area contributed by atoms with Gasteiger partial charge in [0, 0.05) is 15.5 Å². The first-order valence-corrected chi connectivity index (χ1v) is 7.85. The van der Waals surface area contributed by atoms with Gasteiger partial charge in [0.2, 0.25) is 0 Å². The van der Waals surface area contributed by atoms with Gasteiger partial charge in [0.15, 0.2) is 10.8 Å². The summed E-state index contributed by atoms with van der Waals surface area (Å²) in [6.45, 7) is 6.18. The van der Waals surface area contributed by atoms with Crippen molar-refractivity contribution in [3.63, 3.8) is 0 Å². The molecule has 0 saturated heterocycles. The van der Waals surface area contributed by atoms with E-state index in [0.29, 0.717) is 17.4 Å². The quantitative estimate of drug-likeness (QED) is 0.824. The third kappa shape index (κ3) is 3.37. The lowest BCUT2D eigenvalue weighted by atomic mass is 10.1. The van der Waals surface area contributed by atoms with Gasteiger partial charge in [-0.15, -0.1) is 11.3 Å². The number of esters is 1. The van der Waals surface area contributed by atoms with Gasteiger partial charge in [0.05, 0.1) is 6.61 Å². The minimum Gasteiger partial charge on any atom is -0.461 e. The fourth-order valence-electron chi connectivity index (χ4n) is 1.84. The summed E-state index contributed by atoms with van der Waals surface area (Å²) in [6.07, 6.45) is 0. The molecule has 0 amide bonds. The number of hydrogen-bond donors (Lipinski definition) is 1. The molecular weight excluding hydrogens is 340 g/mol. The van der Waals surface area contributed by atoms with Crippen molar-refractivity contribution in [1.82, 2.24) is 4.98 Å². The van der Waals surface area contributed by atoms with Gasteiger partial charge in [-0.3, -0.25) is 0 Å². The Labute approximate surface area is 130 Å². The smallest absolute Gasteiger partial charge is 0.357 e. The highest BCUT2D eigenvalue weighted by Gasteiger charge is 2.13. The van der Waals surface area contributed by atoms with Crippen molar-refractivity contribution >= 4 is 44.1 Å². The van der Waals surface area contributed by atoms with Crippen LogP contribution < -0.4 is 5.32 Å². The molecule has 0 unspecified atom stereocenters. The molecule has 0 saturated carbocycles. The van der Waals surface area contributed by atoms with E-state index >= 15 is 0 Å². The molecule has 0 radical (unpaired) electrons. The normalized spacial score (nSPS) is 10.4. The molecule has 0 spiro atoms. The Morgan fingerprint density at radius 1 is 1.40 bits per heavy atom. The topological polar surface area (TPSA) is 51.2 Å². The minimum atomic E-state index is -0.388. The van der Waals surface area contributed by atoms with Gasteiger partial charge < -0.3 is 10.1 Å². The van der Waals surface area contributed by atoms with Crippen LogP contribution in [0.2, 0.25) is 0 Å². The number of halogens is 1. The summed E-state index contributed by atoms with van der Waals surface area (Å²) < 4.78 is 5.97.